The fourth-order valence-electron chi connectivity index (χ4n) is 1.82. The molecule has 2 aromatic rings. The highest BCUT2D eigenvalue weighted by molar-refractivity contribution is 7.99. The number of methoxy groups -OCH3 is 2. The van der Waals surface area contributed by atoms with Crippen LogP contribution < -0.4 is 15.2 Å². The van der Waals surface area contributed by atoms with Gasteiger partial charge in [0.05, 0.1) is 14.2 Å². The molecular weight excluding hydrogens is 270 g/mol. The van der Waals surface area contributed by atoms with E-state index in [-0.39, 0.29) is 6.04 Å². The van der Waals surface area contributed by atoms with Crippen LogP contribution in [0, 0.1) is 0 Å². The smallest absolute Gasteiger partial charge is 0.119 e. The third kappa shape index (κ3) is 3.92. The maximum absolute atomic E-state index is 6.21. The first-order chi connectivity index (χ1) is 9.72. The van der Waals surface area contributed by atoms with Crippen molar-refractivity contribution in [1.29, 1.82) is 0 Å². The molecule has 2 aromatic carbocycles. The second kappa shape index (κ2) is 7.22. The monoisotopic (exact) mass is 289 g/mol. The Morgan fingerprint density at radius 1 is 1.00 bits per heavy atom. The Kier molecular flexibility index (Phi) is 5.32. The third-order valence-corrected chi connectivity index (χ3v) is 4.13. The highest BCUT2D eigenvalue weighted by Gasteiger charge is 2.07. The molecule has 0 saturated heterocycles. The van der Waals surface area contributed by atoms with E-state index in [9.17, 15) is 0 Å². The zero-order valence-corrected chi connectivity index (χ0v) is 12.5. The molecule has 0 fully saturated rings. The van der Waals surface area contributed by atoms with E-state index >= 15 is 0 Å². The molecule has 0 spiro atoms. The summed E-state index contributed by atoms with van der Waals surface area (Å²) in [6.45, 7) is 0. The van der Waals surface area contributed by atoms with Crippen molar-refractivity contribution in [2.24, 2.45) is 5.73 Å². The number of benzene rings is 2. The molecule has 0 aromatic heterocycles. The lowest BCUT2D eigenvalue weighted by atomic mass is 10.1. The van der Waals surface area contributed by atoms with E-state index in [1.165, 1.54) is 0 Å². The van der Waals surface area contributed by atoms with Crippen LogP contribution in [0.4, 0.5) is 0 Å². The first kappa shape index (κ1) is 14.8. The van der Waals surface area contributed by atoms with Crippen molar-refractivity contribution < 1.29 is 9.47 Å². The van der Waals surface area contributed by atoms with Gasteiger partial charge in [-0.1, -0.05) is 18.2 Å². The molecule has 0 aliphatic rings. The minimum Gasteiger partial charge on any atom is -0.497 e. The summed E-state index contributed by atoms with van der Waals surface area (Å²) in [7, 11) is 3.33. The molecular formula is C16H19NO2S. The molecule has 0 radical (unpaired) electrons. The van der Waals surface area contributed by atoms with Gasteiger partial charge in [0.25, 0.3) is 0 Å². The molecule has 0 bridgehead atoms. The van der Waals surface area contributed by atoms with Gasteiger partial charge in [0.15, 0.2) is 0 Å². The minimum atomic E-state index is -0.00268. The summed E-state index contributed by atoms with van der Waals surface area (Å²) >= 11 is 1.73. The van der Waals surface area contributed by atoms with Gasteiger partial charge < -0.3 is 15.2 Å². The van der Waals surface area contributed by atoms with Gasteiger partial charge in [-0.25, -0.2) is 0 Å². The second-order valence-electron chi connectivity index (χ2n) is 4.37. The van der Waals surface area contributed by atoms with Gasteiger partial charge in [0.2, 0.25) is 0 Å². The molecule has 20 heavy (non-hydrogen) atoms. The largest absolute Gasteiger partial charge is 0.497 e. The van der Waals surface area contributed by atoms with Crippen LogP contribution >= 0.6 is 11.8 Å². The van der Waals surface area contributed by atoms with Gasteiger partial charge in [-0.15, -0.1) is 11.8 Å². The second-order valence-corrected chi connectivity index (χ2v) is 5.46. The number of rotatable bonds is 6. The molecule has 0 aliphatic carbocycles. The van der Waals surface area contributed by atoms with Gasteiger partial charge >= 0.3 is 0 Å². The summed E-state index contributed by atoms with van der Waals surface area (Å²) in [6.07, 6.45) is 0. The Morgan fingerprint density at radius 3 is 2.35 bits per heavy atom. The Hall–Kier alpha value is -1.65. The summed E-state index contributed by atoms with van der Waals surface area (Å²) in [5.74, 6) is 2.54. The fraction of sp³-hybridized carbons (Fsp3) is 0.250. The number of thioether (sulfide) groups is 1. The number of ether oxygens (including phenoxy) is 2. The molecule has 0 saturated carbocycles. The predicted molar refractivity (Wildman–Crippen MR) is 83.6 cm³/mol. The molecule has 0 heterocycles. The lowest BCUT2D eigenvalue weighted by molar-refractivity contribution is 0.413. The summed E-state index contributed by atoms with van der Waals surface area (Å²) in [5, 5.41) is 0. The zero-order valence-electron chi connectivity index (χ0n) is 11.7. The van der Waals surface area contributed by atoms with E-state index < -0.39 is 0 Å². The topological polar surface area (TPSA) is 44.5 Å². The van der Waals surface area contributed by atoms with E-state index in [0.29, 0.717) is 0 Å². The van der Waals surface area contributed by atoms with Crippen molar-refractivity contribution in [3.8, 4) is 11.5 Å². The summed E-state index contributed by atoms with van der Waals surface area (Å²) in [5.41, 5.74) is 7.32. The summed E-state index contributed by atoms with van der Waals surface area (Å²) in [4.78, 5) is 1.16. The minimum absolute atomic E-state index is 0.00268. The highest BCUT2D eigenvalue weighted by atomic mass is 32.2. The zero-order chi connectivity index (χ0) is 14.4. The van der Waals surface area contributed by atoms with Gasteiger partial charge in [-0.2, -0.15) is 0 Å². The predicted octanol–water partition coefficient (Wildman–Crippen LogP) is 3.50. The molecule has 0 aliphatic heterocycles. The van der Waals surface area contributed by atoms with E-state index in [2.05, 4.69) is 6.07 Å². The van der Waals surface area contributed by atoms with Crippen LogP contribution in [-0.4, -0.2) is 20.0 Å². The molecule has 4 heteroatoms. The van der Waals surface area contributed by atoms with Crippen LogP contribution in [0.15, 0.2) is 53.4 Å². The van der Waals surface area contributed by atoms with Crippen LogP contribution in [-0.2, 0) is 0 Å². The van der Waals surface area contributed by atoms with E-state index in [0.717, 1.165) is 27.7 Å². The Balaban J connectivity index is 1.95. The normalized spacial score (nSPS) is 11.9. The molecule has 1 unspecified atom stereocenters. The average Bonchev–Trinajstić information content (AvgIpc) is 2.53. The molecule has 106 valence electrons. The van der Waals surface area contributed by atoms with Crippen LogP contribution in [0.1, 0.15) is 11.6 Å². The fourth-order valence-corrected chi connectivity index (χ4v) is 2.76. The van der Waals surface area contributed by atoms with Gasteiger partial charge in [0, 0.05) is 16.7 Å². The molecule has 0 amide bonds. The Labute approximate surface area is 124 Å². The van der Waals surface area contributed by atoms with Crippen LogP contribution in [0.2, 0.25) is 0 Å². The maximum atomic E-state index is 6.21. The SMILES string of the molecule is COc1ccc(C(N)CSc2cccc(OC)c2)cc1. The van der Waals surface area contributed by atoms with E-state index in [1.807, 2.05) is 42.5 Å². The first-order valence-corrected chi connectivity index (χ1v) is 7.38. The average molecular weight is 289 g/mol. The van der Waals surface area contributed by atoms with Crippen molar-refractivity contribution in [3.05, 3.63) is 54.1 Å². The van der Waals surface area contributed by atoms with Crippen LogP contribution in [0.5, 0.6) is 11.5 Å². The lowest BCUT2D eigenvalue weighted by Crippen LogP contribution is -2.12. The van der Waals surface area contributed by atoms with Crippen molar-refractivity contribution in [1.82, 2.24) is 0 Å². The van der Waals surface area contributed by atoms with Crippen molar-refractivity contribution >= 4 is 11.8 Å². The van der Waals surface area contributed by atoms with Crippen molar-refractivity contribution in [2.45, 2.75) is 10.9 Å². The standard InChI is InChI=1S/C16H19NO2S/c1-18-13-8-6-12(7-9-13)16(17)11-20-15-5-3-4-14(10-15)19-2/h3-10,16H,11,17H2,1-2H3. The summed E-state index contributed by atoms with van der Waals surface area (Å²) < 4.78 is 10.4. The summed E-state index contributed by atoms with van der Waals surface area (Å²) in [6, 6.07) is 15.9. The van der Waals surface area contributed by atoms with Gasteiger partial charge in [-0.05, 0) is 35.9 Å². The van der Waals surface area contributed by atoms with Crippen molar-refractivity contribution in [2.75, 3.05) is 20.0 Å². The van der Waals surface area contributed by atoms with E-state index in [4.69, 9.17) is 15.2 Å². The number of hydrogen-bond acceptors (Lipinski definition) is 4. The Morgan fingerprint density at radius 2 is 1.70 bits per heavy atom. The molecule has 3 nitrogen and oxygen atoms in total. The van der Waals surface area contributed by atoms with Crippen LogP contribution in [0.3, 0.4) is 0 Å². The molecule has 1 atom stereocenters. The number of nitrogens with two attached hydrogens (primary N) is 1. The quantitative estimate of drug-likeness (QED) is 0.827. The van der Waals surface area contributed by atoms with E-state index in [1.54, 1.807) is 26.0 Å². The maximum Gasteiger partial charge on any atom is 0.119 e. The number of hydrogen-bond donors (Lipinski definition) is 1. The van der Waals surface area contributed by atoms with Crippen LogP contribution in [0.25, 0.3) is 0 Å². The van der Waals surface area contributed by atoms with Crippen molar-refractivity contribution in [3.63, 3.8) is 0 Å². The Bertz CT molecular complexity index is 542. The first-order valence-electron chi connectivity index (χ1n) is 6.39. The highest BCUT2D eigenvalue weighted by Crippen LogP contribution is 2.26. The van der Waals surface area contributed by atoms with Gasteiger partial charge in [0.1, 0.15) is 11.5 Å². The molecule has 2 N–H and O–H groups in total. The van der Waals surface area contributed by atoms with Gasteiger partial charge in [-0.3, -0.25) is 0 Å². The lowest BCUT2D eigenvalue weighted by Gasteiger charge is -2.12. The molecule has 2 rings (SSSR count). The third-order valence-electron chi connectivity index (χ3n) is 3.01.